The van der Waals surface area contributed by atoms with E-state index in [0.29, 0.717) is 19.4 Å². The highest BCUT2D eigenvalue weighted by Gasteiger charge is 2.34. The number of halogens is 1. The molecule has 1 saturated heterocycles. The second-order valence-corrected chi connectivity index (χ2v) is 5.94. The molecule has 1 rings (SSSR count). The molecule has 0 N–H and O–H groups in total. The number of piperidine rings is 1. The van der Waals surface area contributed by atoms with Crippen LogP contribution in [0, 0.1) is 5.92 Å². The lowest BCUT2D eigenvalue weighted by molar-refractivity contribution is -0.122. The lowest BCUT2D eigenvalue weighted by Crippen LogP contribution is -2.46. The summed E-state index contributed by atoms with van der Waals surface area (Å²) in [6.45, 7) is 7.49. The lowest BCUT2D eigenvalue weighted by Gasteiger charge is -2.36. The first-order chi connectivity index (χ1) is 7.70. The van der Waals surface area contributed by atoms with E-state index in [1.54, 1.807) is 6.92 Å². The molecule has 0 saturated carbocycles. The Morgan fingerprint density at radius 1 is 1.35 bits per heavy atom. The van der Waals surface area contributed by atoms with Gasteiger partial charge in [0.1, 0.15) is 16.9 Å². The summed E-state index contributed by atoms with van der Waals surface area (Å²) in [6.07, 6.45) is 0.771. The van der Waals surface area contributed by atoms with E-state index in [2.05, 4.69) is 0 Å². The van der Waals surface area contributed by atoms with Crippen molar-refractivity contribution in [1.82, 2.24) is 4.90 Å². The van der Waals surface area contributed by atoms with Gasteiger partial charge in [0, 0.05) is 12.5 Å². The molecule has 98 valence electrons. The quantitative estimate of drug-likeness (QED) is 0.539. The topological polar surface area (TPSA) is 46.6 Å². The molecule has 5 heteroatoms. The van der Waals surface area contributed by atoms with Gasteiger partial charge in [0.2, 0.25) is 0 Å². The summed E-state index contributed by atoms with van der Waals surface area (Å²) in [5, 5.41) is 0. The number of amides is 1. The van der Waals surface area contributed by atoms with Crippen LogP contribution in [0.4, 0.5) is 4.79 Å². The number of carbonyl (C=O) groups excluding carboxylic acids is 2. The number of hydrogen-bond donors (Lipinski definition) is 0. The molecule has 1 fully saturated rings. The number of rotatable bonds is 1. The van der Waals surface area contributed by atoms with Crippen LogP contribution in [-0.2, 0) is 9.53 Å². The van der Waals surface area contributed by atoms with Crippen molar-refractivity contribution in [2.45, 2.75) is 51.6 Å². The average molecular weight is 262 g/mol. The Labute approximate surface area is 107 Å². The van der Waals surface area contributed by atoms with Gasteiger partial charge in [-0.1, -0.05) is 11.6 Å². The number of hydrogen-bond acceptors (Lipinski definition) is 3. The molecule has 1 aliphatic rings. The van der Waals surface area contributed by atoms with Crippen LogP contribution in [0.25, 0.3) is 0 Å². The highest BCUT2D eigenvalue weighted by Crippen LogP contribution is 2.27. The smallest absolute Gasteiger partial charge is 0.411 e. The Bertz CT molecular complexity index is 311. The molecule has 0 aromatic carbocycles. The minimum atomic E-state index is -0.523. The van der Waals surface area contributed by atoms with Gasteiger partial charge < -0.3 is 4.74 Å². The summed E-state index contributed by atoms with van der Waals surface area (Å²) < 4.78 is 5.26. The number of carbonyl (C=O) groups is 2. The average Bonchev–Trinajstić information content (AvgIpc) is 2.14. The van der Waals surface area contributed by atoms with E-state index in [0.717, 1.165) is 0 Å². The van der Waals surface area contributed by atoms with Gasteiger partial charge in [-0.25, -0.2) is 4.79 Å². The zero-order valence-corrected chi connectivity index (χ0v) is 11.6. The van der Waals surface area contributed by atoms with E-state index >= 15 is 0 Å². The standard InChI is InChI=1S/C12H20ClNO3/c1-8(15)9-5-6-14(10(13)7-9)11(16)17-12(2,3)4/h9-10H,5-7H2,1-4H3. The van der Waals surface area contributed by atoms with Crippen molar-refractivity contribution in [1.29, 1.82) is 0 Å². The normalized spacial score (nSPS) is 25.6. The van der Waals surface area contributed by atoms with Gasteiger partial charge >= 0.3 is 6.09 Å². The van der Waals surface area contributed by atoms with Gasteiger partial charge in [-0.05, 0) is 40.5 Å². The maximum Gasteiger partial charge on any atom is 0.411 e. The van der Waals surface area contributed by atoms with Gasteiger partial charge in [-0.3, -0.25) is 9.69 Å². The zero-order valence-electron chi connectivity index (χ0n) is 10.8. The van der Waals surface area contributed by atoms with Gasteiger partial charge in [0.25, 0.3) is 0 Å². The van der Waals surface area contributed by atoms with Crippen molar-refractivity contribution >= 4 is 23.5 Å². The molecule has 0 aliphatic carbocycles. The monoisotopic (exact) mass is 261 g/mol. The first kappa shape index (κ1) is 14.3. The maximum atomic E-state index is 11.8. The number of ether oxygens (including phenoxy) is 1. The summed E-state index contributed by atoms with van der Waals surface area (Å²) in [6, 6.07) is 0. The molecule has 17 heavy (non-hydrogen) atoms. The molecule has 2 unspecified atom stereocenters. The number of alkyl halides is 1. The van der Waals surface area contributed by atoms with Gasteiger partial charge in [-0.2, -0.15) is 0 Å². The summed E-state index contributed by atoms with van der Waals surface area (Å²) in [7, 11) is 0. The largest absolute Gasteiger partial charge is 0.444 e. The molecular weight excluding hydrogens is 242 g/mol. The number of nitrogens with zero attached hydrogens (tertiary/aromatic N) is 1. The van der Waals surface area contributed by atoms with Crippen molar-refractivity contribution in [3.63, 3.8) is 0 Å². The third-order valence-electron chi connectivity index (χ3n) is 2.74. The SMILES string of the molecule is CC(=O)C1CCN(C(=O)OC(C)(C)C)C(Cl)C1. The van der Waals surface area contributed by atoms with Gasteiger partial charge in [-0.15, -0.1) is 0 Å². The third-order valence-corrected chi connectivity index (χ3v) is 3.15. The number of ketones is 1. The fourth-order valence-corrected chi connectivity index (χ4v) is 2.20. The Kier molecular flexibility index (Phi) is 4.42. The first-order valence-electron chi connectivity index (χ1n) is 5.85. The molecule has 1 amide bonds. The molecule has 2 atom stereocenters. The first-order valence-corrected chi connectivity index (χ1v) is 6.28. The Balaban J connectivity index is 2.58. The fraction of sp³-hybridized carbons (Fsp3) is 0.833. The summed E-state index contributed by atoms with van der Waals surface area (Å²) >= 11 is 6.12. The second kappa shape index (κ2) is 5.25. The molecule has 1 heterocycles. The van der Waals surface area contributed by atoms with Crippen LogP contribution in [0.1, 0.15) is 40.5 Å². The van der Waals surface area contributed by atoms with Crippen LogP contribution in [0.5, 0.6) is 0 Å². The molecular formula is C12H20ClNO3. The van der Waals surface area contributed by atoms with Crippen molar-refractivity contribution in [2.75, 3.05) is 6.54 Å². The summed E-state index contributed by atoms with van der Waals surface area (Å²) in [5.41, 5.74) is -0.974. The van der Waals surface area contributed by atoms with E-state index in [9.17, 15) is 9.59 Å². The maximum absolute atomic E-state index is 11.8. The van der Waals surface area contributed by atoms with Crippen molar-refractivity contribution in [3.05, 3.63) is 0 Å². The molecule has 4 nitrogen and oxygen atoms in total. The van der Waals surface area contributed by atoms with E-state index < -0.39 is 17.2 Å². The Hall–Kier alpha value is -0.770. The van der Waals surface area contributed by atoms with Crippen LogP contribution < -0.4 is 0 Å². The third kappa shape index (κ3) is 4.19. The number of likely N-dealkylation sites (tertiary alicyclic amines) is 1. The summed E-state index contributed by atoms with van der Waals surface area (Å²) in [5.74, 6) is 0.107. The van der Waals surface area contributed by atoms with Crippen molar-refractivity contribution < 1.29 is 14.3 Å². The highest BCUT2D eigenvalue weighted by atomic mass is 35.5. The molecule has 1 aliphatic heterocycles. The molecule has 0 spiro atoms. The Morgan fingerprint density at radius 3 is 2.35 bits per heavy atom. The summed E-state index contributed by atoms with van der Waals surface area (Å²) in [4.78, 5) is 24.6. The minimum Gasteiger partial charge on any atom is -0.444 e. The highest BCUT2D eigenvalue weighted by molar-refractivity contribution is 6.21. The number of Topliss-reactive ketones (excluding diaryl/α,β-unsaturated/α-hetero) is 1. The molecule has 0 aromatic rings. The van der Waals surface area contributed by atoms with Gasteiger partial charge in [0.05, 0.1) is 0 Å². The second-order valence-electron chi connectivity index (χ2n) is 5.44. The molecule has 0 aromatic heterocycles. The van der Waals surface area contributed by atoms with Crippen molar-refractivity contribution in [2.24, 2.45) is 5.92 Å². The van der Waals surface area contributed by atoms with Crippen molar-refractivity contribution in [3.8, 4) is 0 Å². The van der Waals surface area contributed by atoms with Gasteiger partial charge in [0.15, 0.2) is 0 Å². The van der Waals surface area contributed by atoms with Crippen LogP contribution in [-0.4, -0.2) is 34.4 Å². The lowest BCUT2D eigenvalue weighted by atomic mass is 9.93. The van der Waals surface area contributed by atoms with Crippen LogP contribution in [0.2, 0.25) is 0 Å². The molecule has 0 radical (unpaired) electrons. The van der Waals surface area contributed by atoms with E-state index in [1.165, 1.54) is 4.90 Å². The fourth-order valence-electron chi connectivity index (χ4n) is 1.81. The van der Waals surface area contributed by atoms with Crippen LogP contribution in [0.15, 0.2) is 0 Å². The predicted molar refractivity (Wildman–Crippen MR) is 66.0 cm³/mol. The predicted octanol–water partition coefficient (Wildman–Crippen LogP) is 2.79. The van der Waals surface area contributed by atoms with Crippen LogP contribution in [0.3, 0.4) is 0 Å². The zero-order chi connectivity index (χ0) is 13.2. The van der Waals surface area contributed by atoms with E-state index in [4.69, 9.17) is 16.3 Å². The minimum absolute atomic E-state index is 0.0313. The Morgan fingerprint density at radius 2 is 1.94 bits per heavy atom. The van der Waals surface area contributed by atoms with E-state index in [1.807, 2.05) is 20.8 Å². The van der Waals surface area contributed by atoms with E-state index in [-0.39, 0.29) is 11.7 Å². The van der Waals surface area contributed by atoms with Crippen LogP contribution >= 0.6 is 11.6 Å². The molecule has 0 bridgehead atoms.